The van der Waals surface area contributed by atoms with Gasteiger partial charge in [-0.25, -0.2) is 0 Å². The molecule has 6 heteroatoms. The molecular weight excluding hydrogens is 318 g/mol. The van der Waals surface area contributed by atoms with Crippen molar-refractivity contribution in [1.82, 2.24) is 0 Å². The van der Waals surface area contributed by atoms with Gasteiger partial charge in [0.05, 0.1) is 4.92 Å². The van der Waals surface area contributed by atoms with Gasteiger partial charge in [-0.05, 0) is 29.2 Å². The Morgan fingerprint density at radius 2 is 1.92 bits per heavy atom. The molecule has 1 N–H and O–H groups in total. The number of nitrogens with one attached hydrogen (secondary N) is 1. The summed E-state index contributed by atoms with van der Waals surface area (Å²) >= 11 is 0. The van der Waals surface area contributed by atoms with Crippen LogP contribution >= 0.6 is 0 Å². The monoisotopic (exact) mass is 335 g/mol. The summed E-state index contributed by atoms with van der Waals surface area (Å²) in [6.45, 7) is 4.16. The molecule has 0 aliphatic heterocycles. The molecule has 0 aliphatic carbocycles. The molecule has 0 aliphatic rings. The number of hydrogen-bond acceptors (Lipinski definition) is 4. The Kier molecular flexibility index (Phi) is 5.64. The molecule has 0 atom stereocenters. The second-order valence-corrected chi connectivity index (χ2v) is 5.75. The summed E-state index contributed by atoms with van der Waals surface area (Å²) in [5.41, 5.74) is 1.94. The van der Waals surface area contributed by atoms with Crippen LogP contribution in [0.4, 0.5) is 11.4 Å². The van der Waals surface area contributed by atoms with E-state index in [2.05, 4.69) is 19.2 Å². The number of nitro groups is 1. The lowest BCUT2D eigenvalue weighted by atomic mass is 10.0. The standard InChI is InChI=1S/C19H17N3O3/c1-13(2)15-8-6-14(7-9-15)10-16(12-20)19(23)21-17-4-3-5-18(11-17)22(24)25/h3-11,13H,1-2H3,(H,21,23)/b16-10-. The van der Waals surface area contributed by atoms with Crippen LogP contribution in [0.25, 0.3) is 6.08 Å². The van der Waals surface area contributed by atoms with E-state index in [1.807, 2.05) is 30.3 Å². The van der Waals surface area contributed by atoms with Crippen LogP contribution < -0.4 is 5.32 Å². The number of amides is 1. The summed E-state index contributed by atoms with van der Waals surface area (Å²) in [4.78, 5) is 22.5. The number of nitriles is 1. The molecule has 2 rings (SSSR count). The Morgan fingerprint density at radius 1 is 1.24 bits per heavy atom. The third-order valence-electron chi connectivity index (χ3n) is 3.59. The summed E-state index contributed by atoms with van der Waals surface area (Å²) in [7, 11) is 0. The van der Waals surface area contributed by atoms with Crippen LogP contribution in [0.5, 0.6) is 0 Å². The van der Waals surface area contributed by atoms with E-state index in [9.17, 15) is 20.2 Å². The van der Waals surface area contributed by atoms with E-state index in [-0.39, 0.29) is 16.9 Å². The predicted molar refractivity (Wildman–Crippen MR) is 95.8 cm³/mol. The fourth-order valence-corrected chi connectivity index (χ4v) is 2.19. The lowest BCUT2D eigenvalue weighted by molar-refractivity contribution is -0.384. The third kappa shape index (κ3) is 4.75. The Labute approximate surface area is 145 Å². The number of non-ortho nitro benzene ring substituents is 1. The van der Waals surface area contributed by atoms with E-state index in [0.29, 0.717) is 5.92 Å². The van der Waals surface area contributed by atoms with Crippen molar-refractivity contribution in [3.05, 3.63) is 75.3 Å². The minimum absolute atomic E-state index is 0.0798. The summed E-state index contributed by atoms with van der Waals surface area (Å²) in [6.07, 6.45) is 1.48. The Hall–Kier alpha value is -3.46. The molecule has 25 heavy (non-hydrogen) atoms. The predicted octanol–water partition coefficient (Wildman–Crippen LogP) is 4.26. The van der Waals surface area contributed by atoms with Gasteiger partial charge in [0.2, 0.25) is 0 Å². The van der Waals surface area contributed by atoms with Crippen molar-refractivity contribution >= 4 is 23.4 Å². The first kappa shape index (κ1) is 17.9. The lowest BCUT2D eigenvalue weighted by Crippen LogP contribution is -2.13. The van der Waals surface area contributed by atoms with E-state index in [1.54, 1.807) is 0 Å². The first-order valence-corrected chi connectivity index (χ1v) is 7.68. The van der Waals surface area contributed by atoms with Gasteiger partial charge < -0.3 is 5.32 Å². The van der Waals surface area contributed by atoms with Gasteiger partial charge in [0.25, 0.3) is 11.6 Å². The molecule has 0 aromatic heterocycles. The summed E-state index contributed by atoms with van der Waals surface area (Å²) in [5.74, 6) is -0.221. The van der Waals surface area contributed by atoms with E-state index in [0.717, 1.165) is 11.1 Å². The van der Waals surface area contributed by atoms with E-state index in [1.165, 1.54) is 30.3 Å². The summed E-state index contributed by atoms with van der Waals surface area (Å²) < 4.78 is 0. The number of rotatable bonds is 5. The quantitative estimate of drug-likeness (QED) is 0.382. The van der Waals surface area contributed by atoms with Crippen LogP contribution in [0.1, 0.15) is 30.9 Å². The molecular formula is C19H17N3O3. The number of hydrogen-bond donors (Lipinski definition) is 1. The molecule has 0 saturated heterocycles. The highest BCUT2D eigenvalue weighted by atomic mass is 16.6. The van der Waals surface area contributed by atoms with Crippen LogP contribution in [0.2, 0.25) is 0 Å². The van der Waals surface area contributed by atoms with Crippen molar-refractivity contribution in [2.24, 2.45) is 0 Å². The van der Waals surface area contributed by atoms with Gasteiger partial charge in [0, 0.05) is 17.8 Å². The molecule has 0 spiro atoms. The Balaban J connectivity index is 2.19. The second kappa shape index (κ2) is 7.88. The van der Waals surface area contributed by atoms with Crippen molar-refractivity contribution in [2.45, 2.75) is 19.8 Å². The Morgan fingerprint density at radius 3 is 2.48 bits per heavy atom. The van der Waals surface area contributed by atoms with Gasteiger partial charge in [-0.2, -0.15) is 5.26 Å². The molecule has 0 radical (unpaired) electrons. The fraction of sp³-hybridized carbons (Fsp3) is 0.158. The molecule has 0 fully saturated rings. The van der Waals surface area contributed by atoms with Crippen molar-refractivity contribution in [1.29, 1.82) is 5.26 Å². The van der Waals surface area contributed by atoms with Crippen molar-refractivity contribution in [2.75, 3.05) is 5.32 Å². The number of carbonyl (C=O) groups is 1. The zero-order valence-electron chi connectivity index (χ0n) is 13.9. The van der Waals surface area contributed by atoms with Crippen LogP contribution in [-0.2, 0) is 4.79 Å². The van der Waals surface area contributed by atoms with Crippen molar-refractivity contribution in [3.8, 4) is 6.07 Å². The minimum atomic E-state index is -0.615. The second-order valence-electron chi connectivity index (χ2n) is 5.75. The van der Waals surface area contributed by atoms with Gasteiger partial charge >= 0.3 is 0 Å². The molecule has 2 aromatic rings. The molecule has 0 heterocycles. The highest BCUT2D eigenvalue weighted by Crippen LogP contribution is 2.19. The van der Waals surface area contributed by atoms with Crippen molar-refractivity contribution < 1.29 is 9.72 Å². The van der Waals surface area contributed by atoms with Gasteiger partial charge in [-0.15, -0.1) is 0 Å². The SMILES string of the molecule is CC(C)c1ccc(/C=C(/C#N)C(=O)Nc2cccc([N+](=O)[O-])c2)cc1. The van der Waals surface area contributed by atoms with Gasteiger partial charge in [0.1, 0.15) is 11.6 Å². The smallest absolute Gasteiger partial charge is 0.271 e. The summed E-state index contributed by atoms with van der Waals surface area (Å²) in [5, 5.41) is 22.5. The maximum absolute atomic E-state index is 12.2. The lowest BCUT2D eigenvalue weighted by Gasteiger charge is -2.06. The van der Waals surface area contributed by atoms with E-state index >= 15 is 0 Å². The first-order chi connectivity index (χ1) is 11.9. The topological polar surface area (TPSA) is 96.0 Å². The van der Waals surface area contributed by atoms with Gasteiger partial charge in [0.15, 0.2) is 0 Å². The molecule has 0 unspecified atom stereocenters. The minimum Gasteiger partial charge on any atom is -0.321 e. The highest BCUT2D eigenvalue weighted by molar-refractivity contribution is 6.09. The van der Waals surface area contributed by atoms with Crippen LogP contribution in [0.15, 0.2) is 54.1 Å². The van der Waals surface area contributed by atoms with E-state index in [4.69, 9.17) is 0 Å². The van der Waals surface area contributed by atoms with Crippen LogP contribution in [-0.4, -0.2) is 10.8 Å². The molecule has 0 saturated carbocycles. The zero-order valence-corrected chi connectivity index (χ0v) is 13.9. The maximum atomic E-state index is 12.2. The van der Waals surface area contributed by atoms with Crippen molar-refractivity contribution in [3.63, 3.8) is 0 Å². The summed E-state index contributed by atoms with van der Waals surface area (Å²) in [6, 6.07) is 15.0. The largest absolute Gasteiger partial charge is 0.321 e. The molecule has 6 nitrogen and oxygen atoms in total. The zero-order chi connectivity index (χ0) is 18.4. The number of nitro benzene ring substituents is 1. The molecule has 126 valence electrons. The molecule has 2 aromatic carbocycles. The molecule has 1 amide bonds. The maximum Gasteiger partial charge on any atom is 0.271 e. The third-order valence-corrected chi connectivity index (χ3v) is 3.59. The van der Waals surface area contributed by atoms with Crippen LogP contribution in [0.3, 0.4) is 0 Å². The van der Waals surface area contributed by atoms with E-state index < -0.39 is 10.8 Å². The van der Waals surface area contributed by atoms with Gasteiger partial charge in [-0.3, -0.25) is 14.9 Å². The van der Waals surface area contributed by atoms with Crippen LogP contribution in [0, 0.1) is 21.4 Å². The average Bonchev–Trinajstić information content (AvgIpc) is 2.60. The highest BCUT2D eigenvalue weighted by Gasteiger charge is 2.12. The fourth-order valence-electron chi connectivity index (χ4n) is 2.19. The number of carbonyl (C=O) groups excluding carboxylic acids is 1. The number of nitrogens with zero attached hydrogens (tertiary/aromatic N) is 2. The number of anilines is 1. The number of benzene rings is 2. The van der Waals surface area contributed by atoms with Gasteiger partial charge in [-0.1, -0.05) is 44.2 Å². The normalized spacial score (nSPS) is 11.0. The first-order valence-electron chi connectivity index (χ1n) is 7.68. The molecule has 0 bridgehead atoms. The average molecular weight is 335 g/mol. The Bertz CT molecular complexity index is 862.